The van der Waals surface area contributed by atoms with Crippen molar-refractivity contribution in [2.24, 2.45) is 11.8 Å². The van der Waals surface area contributed by atoms with Gasteiger partial charge in [0.05, 0.1) is 4.90 Å². The Bertz CT molecular complexity index is 701. The molecule has 0 spiro atoms. The van der Waals surface area contributed by atoms with E-state index >= 15 is 0 Å². The minimum atomic E-state index is -3.49. The monoisotopic (exact) mass is 366 g/mol. The SMILES string of the molecule is CC1CC(C)CN(S(=O)(=O)c2ccc(NC(=O)C3CCCO3)cc2)C1. The van der Waals surface area contributed by atoms with Crippen LogP contribution in [0.4, 0.5) is 5.69 Å². The molecule has 3 rings (SSSR count). The molecule has 1 aromatic carbocycles. The van der Waals surface area contributed by atoms with Gasteiger partial charge in [0, 0.05) is 25.4 Å². The number of piperidine rings is 1. The average Bonchev–Trinajstić information content (AvgIpc) is 3.09. The van der Waals surface area contributed by atoms with E-state index in [-0.39, 0.29) is 10.8 Å². The van der Waals surface area contributed by atoms with Gasteiger partial charge in [-0.2, -0.15) is 4.31 Å². The van der Waals surface area contributed by atoms with Crippen molar-refractivity contribution in [2.75, 3.05) is 25.0 Å². The summed E-state index contributed by atoms with van der Waals surface area (Å²) < 4.78 is 32.6. The van der Waals surface area contributed by atoms with Crippen LogP contribution >= 0.6 is 0 Å². The fourth-order valence-corrected chi connectivity index (χ4v) is 5.35. The molecule has 0 radical (unpaired) electrons. The summed E-state index contributed by atoms with van der Waals surface area (Å²) in [5.74, 6) is 0.554. The third-order valence-corrected chi connectivity index (χ3v) is 6.66. The number of hydrogen-bond donors (Lipinski definition) is 1. The van der Waals surface area contributed by atoms with Crippen molar-refractivity contribution in [1.82, 2.24) is 4.31 Å². The molecule has 138 valence electrons. The number of nitrogens with zero attached hydrogens (tertiary/aromatic N) is 1. The summed E-state index contributed by atoms with van der Waals surface area (Å²) in [4.78, 5) is 12.3. The summed E-state index contributed by atoms with van der Waals surface area (Å²) >= 11 is 0. The lowest BCUT2D eigenvalue weighted by atomic mass is 9.94. The number of sulfonamides is 1. The van der Waals surface area contributed by atoms with Crippen LogP contribution in [-0.2, 0) is 19.6 Å². The highest BCUT2D eigenvalue weighted by atomic mass is 32.2. The maximum atomic E-state index is 12.8. The summed E-state index contributed by atoms with van der Waals surface area (Å²) in [7, 11) is -3.49. The molecule has 0 saturated carbocycles. The molecule has 25 heavy (non-hydrogen) atoms. The molecule has 7 heteroatoms. The largest absolute Gasteiger partial charge is 0.368 e. The molecule has 2 saturated heterocycles. The molecule has 2 fully saturated rings. The van der Waals surface area contributed by atoms with Crippen LogP contribution in [0.25, 0.3) is 0 Å². The number of carbonyl (C=O) groups is 1. The third-order valence-electron chi connectivity index (χ3n) is 4.82. The zero-order valence-electron chi connectivity index (χ0n) is 14.8. The standard InChI is InChI=1S/C18H26N2O4S/c1-13-10-14(2)12-20(11-13)25(22,23)16-7-5-15(6-8-16)19-18(21)17-4-3-9-24-17/h5-8,13-14,17H,3-4,9-12H2,1-2H3,(H,19,21). The van der Waals surface area contributed by atoms with E-state index in [2.05, 4.69) is 19.2 Å². The van der Waals surface area contributed by atoms with E-state index in [9.17, 15) is 13.2 Å². The molecule has 2 aliphatic heterocycles. The lowest BCUT2D eigenvalue weighted by molar-refractivity contribution is -0.124. The van der Waals surface area contributed by atoms with E-state index in [0.717, 1.165) is 19.3 Å². The quantitative estimate of drug-likeness (QED) is 0.888. The fraction of sp³-hybridized carbons (Fsp3) is 0.611. The second-order valence-corrected chi connectivity index (χ2v) is 9.22. The van der Waals surface area contributed by atoms with Crippen molar-refractivity contribution in [1.29, 1.82) is 0 Å². The van der Waals surface area contributed by atoms with Gasteiger partial charge in [0.1, 0.15) is 6.10 Å². The van der Waals surface area contributed by atoms with Gasteiger partial charge >= 0.3 is 0 Å². The second-order valence-electron chi connectivity index (χ2n) is 7.28. The highest BCUT2D eigenvalue weighted by Crippen LogP contribution is 2.27. The van der Waals surface area contributed by atoms with Crippen LogP contribution in [0.5, 0.6) is 0 Å². The number of rotatable bonds is 4. The first kappa shape index (κ1) is 18.4. The molecule has 3 atom stereocenters. The number of carbonyl (C=O) groups excluding carboxylic acids is 1. The van der Waals surface area contributed by atoms with Gasteiger partial charge in [-0.05, 0) is 55.4 Å². The molecule has 2 heterocycles. The Morgan fingerprint density at radius 2 is 1.80 bits per heavy atom. The Morgan fingerprint density at radius 3 is 2.36 bits per heavy atom. The van der Waals surface area contributed by atoms with Gasteiger partial charge < -0.3 is 10.1 Å². The van der Waals surface area contributed by atoms with E-state index in [4.69, 9.17) is 4.74 Å². The van der Waals surface area contributed by atoms with E-state index in [1.165, 1.54) is 0 Å². The van der Waals surface area contributed by atoms with Crippen molar-refractivity contribution in [3.8, 4) is 0 Å². The highest BCUT2D eigenvalue weighted by Gasteiger charge is 2.31. The van der Waals surface area contributed by atoms with Gasteiger partial charge in [-0.15, -0.1) is 0 Å². The van der Waals surface area contributed by atoms with E-state index in [1.807, 2.05) is 0 Å². The molecule has 0 aromatic heterocycles. The normalized spacial score (nSPS) is 28.0. The van der Waals surface area contributed by atoms with Gasteiger partial charge in [0.25, 0.3) is 5.91 Å². The molecular weight excluding hydrogens is 340 g/mol. The van der Waals surface area contributed by atoms with Crippen molar-refractivity contribution in [3.05, 3.63) is 24.3 Å². The molecule has 3 unspecified atom stereocenters. The third kappa shape index (κ3) is 4.22. The number of hydrogen-bond acceptors (Lipinski definition) is 4. The fourth-order valence-electron chi connectivity index (χ4n) is 3.67. The Labute approximate surface area is 149 Å². The first-order valence-electron chi connectivity index (χ1n) is 8.89. The van der Waals surface area contributed by atoms with Gasteiger partial charge in [-0.3, -0.25) is 4.79 Å². The molecule has 0 aliphatic carbocycles. The van der Waals surface area contributed by atoms with Crippen LogP contribution in [0.3, 0.4) is 0 Å². The number of ether oxygens (including phenoxy) is 1. The summed E-state index contributed by atoms with van der Waals surface area (Å²) in [5.41, 5.74) is 0.583. The zero-order valence-corrected chi connectivity index (χ0v) is 15.6. The molecule has 1 aromatic rings. The lowest BCUT2D eigenvalue weighted by Gasteiger charge is -2.34. The first-order chi connectivity index (χ1) is 11.9. The maximum Gasteiger partial charge on any atom is 0.253 e. The minimum Gasteiger partial charge on any atom is -0.368 e. The Hall–Kier alpha value is -1.44. The van der Waals surface area contributed by atoms with Crippen LogP contribution < -0.4 is 5.32 Å². The Balaban J connectivity index is 1.69. The predicted molar refractivity (Wildman–Crippen MR) is 95.7 cm³/mol. The molecule has 1 N–H and O–H groups in total. The van der Waals surface area contributed by atoms with Crippen molar-refractivity contribution < 1.29 is 17.9 Å². The average molecular weight is 366 g/mol. The predicted octanol–water partition coefficient (Wildman–Crippen LogP) is 2.47. The van der Waals surface area contributed by atoms with Crippen LogP contribution in [0.15, 0.2) is 29.2 Å². The van der Waals surface area contributed by atoms with Crippen LogP contribution in [0.1, 0.15) is 33.1 Å². The van der Waals surface area contributed by atoms with Gasteiger partial charge in [0.15, 0.2) is 0 Å². The highest BCUT2D eigenvalue weighted by molar-refractivity contribution is 7.89. The Kier molecular flexibility index (Phi) is 5.46. The summed E-state index contributed by atoms with van der Waals surface area (Å²) in [5, 5.41) is 2.78. The van der Waals surface area contributed by atoms with Crippen LogP contribution in [-0.4, -0.2) is 44.4 Å². The molecule has 0 bridgehead atoms. The van der Waals surface area contributed by atoms with Crippen LogP contribution in [0, 0.1) is 11.8 Å². The number of anilines is 1. The molecular formula is C18H26N2O4S. The summed E-state index contributed by atoms with van der Waals surface area (Å²) in [6.45, 7) is 5.90. The number of nitrogens with one attached hydrogen (secondary N) is 1. The molecule has 1 amide bonds. The minimum absolute atomic E-state index is 0.174. The van der Waals surface area contributed by atoms with Gasteiger partial charge in [-0.1, -0.05) is 13.8 Å². The summed E-state index contributed by atoms with van der Waals surface area (Å²) in [6, 6.07) is 6.39. The van der Waals surface area contributed by atoms with Crippen molar-refractivity contribution >= 4 is 21.6 Å². The smallest absolute Gasteiger partial charge is 0.253 e. The van der Waals surface area contributed by atoms with Gasteiger partial charge in [-0.25, -0.2) is 8.42 Å². The summed E-state index contributed by atoms with van der Waals surface area (Å²) in [6.07, 6.45) is 2.27. The van der Waals surface area contributed by atoms with E-state index in [1.54, 1.807) is 28.6 Å². The zero-order chi connectivity index (χ0) is 18.0. The van der Waals surface area contributed by atoms with Crippen molar-refractivity contribution in [3.63, 3.8) is 0 Å². The second kappa shape index (κ2) is 7.43. The first-order valence-corrected chi connectivity index (χ1v) is 10.3. The van der Waals surface area contributed by atoms with Crippen LogP contribution in [0.2, 0.25) is 0 Å². The van der Waals surface area contributed by atoms with Crippen molar-refractivity contribution in [2.45, 2.75) is 44.1 Å². The topological polar surface area (TPSA) is 75.7 Å². The molecule has 2 aliphatic rings. The van der Waals surface area contributed by atoms with Gasteiger partial charge in [0.2, 0.25) is 10.0 Å². The van der Waals surface area contributed by atoms with E-state index in [0.29, 0.717) is 37.2 Å². The van der Waals surface area contributed by atoms with E-state index < -0.39 is 16.1 Å². The lowest BCUT2D eigenvalue weighted by Crippen LogP contribution is -2.42. The maximum absolute atomic E-state index is 12.8. The Morgan fingerprint density at radius 1 is 1.16 bits per heavy atom. The number of amides is 1. The molecule has 6 nitrogen and oxygen atoms in total. The number of benzene rings is 1.